The summed E-state index contributed by atoms with van der Waals surface area (Å²) in [5.74, 6) is 1.39. The van der Waals surface area contributed by atoms with E-state index in [1.54, 1.807) is 36.6 Å². The number of benzene rings is 1. The summed E-state index contributed by atoms with van der Waals surface area (Å²) in [7, 11) is 1.57. The van der Waals surface area contributed by atoms with Gasteiger partial charge >= 0.3 is 0 Å². The summed E-state index contributed by atoms with van der Waals surface area (Å²) in [5.41, 5.74) is 6.53. The molecule has 2 N–H and O–H groups in total. The zero-order chi connectivity index (χ0) is 23.2. The summed E-state index contributed by atoms with van der Waals surface area (Å²) in [6.07, 6.45) is 5.90. The van der Waals surface area contributed by atoms with Gasteiger partial charge in [0.15, 0.2) is 11.5 Å². The van der Waals surface area contributed by atoms with E-state index in [0.29, 0.717) is 17.2 Å². The van der Waals surface area contributed by atoms with Gasteiger partial charge in [-0.15, -0.1) is 0 Å². The zero-order valence-electron chi connectivity index (χ0n) is 18.5. The van der Waals surface area contributed by atoms with Gasteiger partial charge in [-0.3, -0.25) is 14.9 Å². The number of ether oxygens (including phenoxy) is 1. The normalized spacial score (nSPS) is 29.0. The molecule has 3 atom stereocenters. The SMILES string of the molecule is COC1=CCC(F)C(c2cccc(C3(c4ccncc4)N=C(N)N4CC(C)(F)CN=C43)c2)=C1. The number of methoxy groups -OCH3 is 1. The molecule has 3 heterocycles. The zero-order valence-corrected chi connectivity index (χ0v) is 18.5. The fourth-order valence-electron chi connectivity index (χ4n) is 4.69. The molecule has 1 aliphatic carbocycles. The van der Waals surface area contributed by atoms with Gasteiger partial charge in [0.2, 0.25) is 0 Å². The molecular formula is C25H25F2N5O. The molecule has 3 aliphatic rings. The second-order valence-corrected chi connectivity index (χ2v) is 8.75. The highest BCUT2D eigenvalue weighted by Crippen LogP contribution is 2.43. The number of hydrogen-bond acceptors (Lipinski definition) is 6. The minimum absolute atomic E-state index is 0.00780. The van der Waals surface area contributed by atoms with Crippen molar-refractivity contribution >= 4 is 17.4 Å². The lowest BCUT2D eigenvalue weighted by Gasteiger charge is -2.37. The lowest BCUT2D eigenvalue weighted by Crippen LogP contribution is -2.53. The van der Waals surface area contributed by atoms with Crippen LogP contribution in [0.15, 0.2) is 76.7 Å². The molecule has 170 valence electrons. The molecule has 0 fully saturated rings. The first-order valence-corrected chi connectivity index (χ1v) is 10.8. The number of nitrogens with two attached hydrogens (primary N) is 1. The van der Waals surface area contributed by atoms with Crippen LogP contribution in [0.4, 0.5) is 8.78 Å². The predicted octanol–water partition coefficient (Wildman–Crippen LogP) is 3.75. The van der Waals surface area contributed by atoms with Crippen molar-refractivity contribution in [2.24, 2.45) is 15.7 Å². The van der Waals surface area contributed by atoms with Gasteiger partial charge in [-0.1, -0.05) is 18.2 Å². The van der Waals surface area contributed by atoms with Gasteiger partial charge in [-0.25, -0.2) is 13.8 Å². The number of aromatic nitrogens is 1. The number of alkyl halides is 2. The highest BCUT2D eigenvalue weighted by molar-refractivity contribution is 6.12. The Bertz CT molecular complexity index is 1200. The molecule has 0 radical (unpaired) electrons. The number of fused-ring (bicyclic) bond motifs is 1. The fourth-order valence-corrected chi connectivity index (χ4v) is 4.69. The average Bonchev–Trinajstić information content (AvgIpc) is 3.11. The Kier molecular flexibility index (Phi) is 5.03. The third-order valence-corrected chi connectivity index (χ3v) is 6.29. The molecule has 8 heteroatoms. The van der Waals surface area contributed by atoms with Crippen LogP contribution in [0.1, 0.15) is 30.0 Å². The van der Waals surface area contributed by atoms with Crippen molar-refractivity contribution in [2.45, 2.75) is 30.7 Å². The molecule has 0 saturated heterocycles. The smallest absolute Gasteiger partial charge is 0.198 e. The predicted molar refractivity (Wildman–Crippen MR) is 124 cm³/mol. The Balaban J connectivity index is 1.70. The van der Waals surface area contributed by atoms with Crippen LogP contribution >= 0.6 is 0 Å². The van der Waals surface area contributed by atoms with Crippen molar-refractivity contribution in [2.75, 3.05) is 20.2 Å². The van der Waals surface area contributed by atoms with E-state index in [4.69, 9.17) is 15.5 Å². The molecule has 2 aliphatic heterocycles. The van der Waals surface area contributed by atoms with Crippen molar-refractivity contribution in [1.29, 1.82) is 0 Å². The molecule has 5 rings (SSSR count). The first-order chi connectivity index (χ1) is 15.8. The summed E-state index contributed by atoms with van der Waals surface area (Å²) in [6.45, 7) is 1.58. The number of halogens is 2. The Hall–Kier alpha value is -3.55. The largest absolute Gasteiger partial charge is 0.497 e. The maximum Gasteiger partial charge on any atom is 0.198 e. The van der Waals surface area contributed by atoms with Gasteiger partial charge < -0.3 is 10.5 Å². The van der Waals surface area contributed by atoms with E-state index in [1.807, 2.05) is 36.4 Å². The monoisotopic (exact) mass is 449 g/mol. The van der Waals surface area contributed by atoms with Crippen molar-refractivity contribution in [1.82, 2.24) is 9.88 Å². The van der Waals surface area contributed by atoms with E-state index in [9.17, 15) is 8.78 Å². The Morgan fingerprint density at radius 3 is 2.73 bits per heavy atom. The average molecular weight is 450 g/mol. The van der Waals surface area contributed by atoms with Crippen LogP contribution in [0.5, 0.6) is 0 Å². The number of aliphatic imine (C=N–C) groups is 2. The van der Waals surface area contributed by atoms with E-state index in [-0.39, 0.29) is 25.5 Å². The molecule has 2 aromatic rings. The van der Waals surface area contributed by atoms with Crippen molar-refractivity contribution in [3.05, 3.63) is 83.4 Å². The van der Waals surface area contributed by atoms with Crippen LogP contribution in [-0.4, -0.2) is 53.7 Å². The van der Waals surface area contributed by atoms with E-state index >= 15 is 0 Å². The molecule has 1 aromatic heterocycles. The number of rotatable bonds is 4. The van der Waals surface area contributed by atoms with E-state index < -0.39 is 17.4 Å². The van der Waals surface area contributed by atoms with Gasteiger partial charge in [0.05, 0.1) is 20.2 Å². The first-order valence-electron chi connectivity index (χ1n) is 10.8. The second-order valence-electron chi connectivity index (χ2n) is 8.75. The lowest BCUT2D eigenvalue weighted by atomic mass is 9.80. The van der Waals surface area contributed by atoms with Crippen LogP contribution in [0.2, 0.25) is 0 Å². The van der Waals surface area contributed by atoms with Gasteiger partial charge in [-0.2, -0.15) is 0 Å². The molecule has 3 unspecified atom stereocenters. The third-order valence-electron chi connectivity index (χ3n) is 6.29. The van der Waals surface area contributed by atoms with E-state index in [0.717, 1.165) is 16.7 Å². The minimum Gasteiger partial charge on any atom is -0.497 e. The Morgan fingerprint density at radius 2 is 1.97 bits per heavy atom. The van der Waals surface area contributed by atoms with Crippen LogP contribution in [0.25, 0.3) is 5.57 Å². The van der Waals surface area contributed by atoms with Crippen molar-refractivity contribution < 1.29 is 13.5 Å². The summed E-state index contributed by atoms with van der Waals surface area (Å²) >= 11 is 0. The van der Waals surface area contributed by atoms with Crippen LogP contribution < -0.4 is 5.73 Å². The van der Waals surface area contributed by atoms with Gasteiger partial charge in [-0.05, 0) is 59.5 Å². The summed E-state index contributed by atoms with van der Waals surface area (Å²) in [6, 6.07) is 11.2. The molecule has 0 amide bonds. The number of nitrogens with zero attached hydrogens (tertiary/aromatic N) is 4. The number of allylic oxidation sites excluding steroid dienone is 3. The highest BCUT2D eigenvalue weighted by atomic mass is 19.1. The van der Waals surface area contributed by atoms with Crippen LogP contribution in [-0.2, 0) is 10.3 Å². The standard InChI is InChI=1S/C25H25F2N5O/c1-24(27)14-30-22-25(17-8-10-29-11-9-17,31-23(28)32(22)15-24)18-5-3-4-16(12-18)20-13-19(33-2)6-7-21(20)26/h3-6,8-13,21H,7,14-15H2,1-2H3,(H2,28,31). The third kappa shape index (κ3) is 3.50. The van der Waals surface area contributed by atoms with Gasteiger partial charge in [0.1, 0.15) is 23.4 Å². The Labute approximate surface area is 191 Å². The molecule has 33 heavy (non-hydrogen) atoms. The van der Waals surface area contributed by atoms with E-state index in [1.165, 1.54) is 6.92 Å². The van der Waals surface area contributed by atoms with Crippen molar-refractivity contribution in [3.8, 4) is 0 Å². The highest BCUT2D eigenvalue weighted by Gasteiger charge is 2.52. The summed E-state index contributed by atoms with van der Waals surface area (Å²) in [5, 5.41) is 0. The summed E-state index contributed by atoms with van der Waals surface area (Å²) < 4.78 is 35.0. The molecular weight excluding hydrogens is 424 g/mol. The Morgan fingerprint density at radius 1 is 1.18 bits per heavy atom. The van der Waals surface area contributed by atoms with E-state index in [2.05, 4.69) is 9.98 Å². The van der Waals surface area contributed by atoms with Gasteiger partial charge in [0.25, 0.3) is 0 Å². The quantitative estimate of drug-likeness (QED) is 0.771. The number of guanidine groups is 1. The maximum atomic E-state index is 14.9. The lowest BCUT2D eigenvalue weighted by molar-refractivity contribution is 0.166. The molecule has 6 nitrogen and oxygen atoms in total. The number of pyridine rings is 1. The van der Waals surface area contributed by atoms with Gasteiger partial charge in [0, 0.05) is 18.8 Å². The molecule has 0 saturated carbocycles. The minimum atomic E-state index is -1.52. The fraction of sp³-hybridized carbons (Fsp3) is 0.320. The maximum absolute atomic E-state index is 14.9. The van der Waals surface area contributed by atoms with Crippen LogP contribution in [0, 0.1) is 0 Å². The molecule has 1 aromatic carbocycles. The molecule has 0 spiro atoms. The van der Waals surface area contributed by atoms with Crippen LogP contribution in [0.3, 0.4) is 0 Å². The number of amidine groups is 1. The number of hydrogen-bond donors (Lipinski definition) is 1. The second kappa shape index (κ2) is 7.79. The summed E-state index contributed by atoms with van der Waals surface area (Å²) in [4.78, 5) is 15.2. The first kappa shape index (κ1) is 21.3. The topological polar surface area (TPSA) is 76.1 Å². The molecule has 0 bridgehead atoms. The van der Waals surface area contributed by atoms with Crippen molar-refractivity contribution in [3.63, 3.8) is 0 Å².